The van der Waals surface area contributed by atoms with E-state index in [0.717, 1.165) is 33.1 Å². The number of furan rings is 1. The molecule has 1 heteroatoms. The average Bonchev–Trinajstić information content (AvgIpc) is 3.49. The van der Waals surface area contributed by atoms with Gasteiger partial charge in [-0.25, -0.2) is 0 Å². The lowest BCUT2D eigenvalue weighted by Gasteiger charge is -2.18. The first-order chi connectivity index (χ1) is 23.3. The first-order valence-corrected chi connectivity index (χ1v) is 16.2. The largest absolute Gasteiger partial charge is 0.455 e. The maximum Gasteiger partial charge on any atom is 0.143 e. The Morgan fingerprint density at radius 2 is 0.830 bits per heavy atom. The van der Waals surface area contributed by atoms with Gasteiger partial charge in [0.1, 0.15) is 11.2 Å². The molecular weight excluding hydrogens is 569 g/mol. The highest BCUT2D eigenvalue weighted by atomic mass is 16.3. The van der Waals surface area contributed by atoms with Crippen LogP contribution in [0.4, 0.5) is 0 Å². The highest BCUT2D eigenvalue weighted by Crippen LogP contribution is 2.47. The summed E-state index contributed by atoms with van der Waals surface area (Å²) in [5.41, 5.74) is 9.01. The fourth-order valence-corrected chi connectivity index (χ4v) is 7.63. The normalized spacial score (nSPS) is 11.8. The van der Waals surface area contributed by atoms with E-state index in [-0.39, 0.29) is 0 Å². The lowest BCUT2D eigenvalue weighted by molar-refractivity contribution is 0.670. The molecule has 0 fully saturated rings. The van der Waals surface area contributed by atoms with Gasteiger partial charge in [-0.1, -0.05) is 140 Å². The molecule has 0 radical (unpaired) electrons. The summed E-state index contributed by atoms with van der Waals surface area (Å²) in [5, 5.41) is 12.1. The number of fused-ring (bicyclic) bond motifs is 7. The second-order valence-electron chi connectivity index (χ2n) is 12.5. The summed E-state index contributed by atoms with van der Waals surface area (Å²) in [7, 11) is 0. The monoisotopic (exact) mass is 596 g/mol. The summed E-state index contributed by atoms with van der Waals surface area (Å²) < 4.78 is 6.80. The lowest BCUT2D eigenvalue weighted by atomic mass is 9.85. The molecule has 0 amide bonds. The van der Waals surface area contributed by atoms with E-state index in [1.165, 1.54) is 65.3 Å². The summed E-state index contributed by atoms with van der Waals surface area (Å²) >= 11 is 0. The predicted octanol–water partition coefficient (Wildman–Crippen LogP) is 13.2. The molecule has 0 unspecified atom stereocenters. The molecule has 0 N–H and O–H groups in total. The second kappa shape index (κ2) is 10.2. The van der Waals surface area contributed by atoms with Gasteiger partial charge in [-0.3, -0.25) is 0 Å². The van der Waals surface area contributed by atoms with Crippen molar-refractivity contribution in [1.29, 1.82) is 0 Å². The molecule has 0 saturated heterocycles. The molecule has 0 aliphatic rings. The van der Waals surface area contributed by atoms with Crippen LogP contribution in [0.5, 0.6) is 0 Å². The fourth-order valence-electron chi connectivity index (χ4n) is 7.63. The summed E-state index contributed by atoms with van der Waals surface area (Å²) in [6.07, 6.45) is 0. The number of rotatable bonds is 3. The first-order valence-electron chi connectivity index (χ1n) is 16.2. The molecule has 0 aliphatic heterocycles. The van der Waals surface area contributed by atoms with Crippen molar-refractivity contribution in [2.45, 2.75) is 0 Å². The van der Waals surface area contributed by atoms with Crippen molar-refractivity contribution in [3.8, 4) is 33.4 Å². The van der Waals surface area contributed by atoms with Gasteiger partial charge in [-0.05, 0) is 101 Å². The third kappa shape index (κ3) is 4.03. The van der Waals surface area contributed by atoms with E-state index < -0.39 is 0 Å². The standard InChI is InChI=1S/C46H28O/c1-2-13-30(14-3-1)44-36-18-8-10-20-38(36)45(39-21-11-9-19-37(39)44)35-26-40(34-23-22-29-12-4-5-15-31(29)24-34)46-42(27-35)41-25-32-16-6-7-17-33(32)28-43(41)47-46/h1-28H. The Morgan fingerprint density at radius 1 is 0.298 bits per heavy atom. The van der Waals surface area contributed by atoms with E-state index >= 15 is 0 Å². The van der Waals surface area contributed by atoms with Crippen molar-refractivity contribution in [3.63, 3.8) is 0 Å². The molecule has 0 bridgehead atoms. The van der Waals surface area contributed by atoms with E-state index in [1.54, 1.807) is 0 Å². The highest BCUT2D eigenvalue weighted by Gasteiger charge is 2.20. The topological polar surface area (TPSA) is 13.1 Å². The molecule has 218 valence electrons. The van der Waals surface area contributed by atoms with Crippen molar-refractivity contribution in [2.24, 2.45) is 0 Å². The lowest BCUT2D eigenvalue weighted by Crippen LogP contribution is -1.91. The van der Waals surface area contributed by atoms with Gasteiger partial charge in [-0.15, -0.1) is 0 Å². The molecule has 1 aromatic heterocycles. The zero-order chi connectivity index (χ0) is 30.9. The van der Waals surface area contributed by atoms with Gasteiger partial charge >= 0.3 is 0 Å². The van der Waals surface area contributed by atoms with E-state index in [4.69, 9.17) is 4.42 Å². The Hall–Kier alpha value is -6.18. The molecule has 9 aromatic carbocycles. The van der Waals surface area contributed by atoms with E-state index in [9.17, 15) is 0 Å². The molecule has 0 saturated carbocycles. The first kappa shape index (κ1) is 26.1. The smallest absolute Gasteiger partial charge is 0.143 e. The molecule has 10 rings (SSSR count). The van der Waals surface area contributed by atoms with Crippen molar-refractivity contribution in [1.82, 2.24) is 0 Å². The van der Waals surface area contributed by atoms with Crippen LogP contribution >= 0.6 is 0 Å². The molecule has 0 atom stereocenters. The second-order valence-corrected chi connectivity index (χ2v) is 12.5. The highest BCUT2D eigenvalue weighted by molar-refractivity contribution is 6.23. The number of benzene rings is 9. The Labute approximate surface area is 271 Å². The minimum absolute atomic E-state index is 0.909. The van der Waals surface area contributed by atoms with Gasteiger partial charge in [-0.2, -0.15) is 0 Å². The molecule has 10 aromatic rings. The minimum atomic E-state index is 0.909. The average molecular weight is 597 g/mol. The maximum atomic E-state index is 6.80. The third-order valence-electron chi connectivity index (χ3n) is 9.78. The molecule has 0 spiro atoms. The molecular formula is C46H28O. The summed E-state index contributed by atoms with van der Waals surface area (Å²) in [6, 6.07) is 61.6. The van der Waals surface area contributed by atoms with Gasteiger partial charge in [0.25, 0.3) is 0 Å². The Morgan fingerprint density at radius 3 is 1.49 bits per heavy atom. The molecule has 47 heavy (non-hydrogen) atoms. The van der Waals surface area contributed by atoms with Crippen LogP contribution in [0.25, 0.3) is 98.4 Å². The van der Waals surface area contributed by atoms with Crippen molar-refractivity contribution >= 4 is 65.0 Å². The van der Waals surface area contributed by atoms with E-state index in [0.29, 0.717) is 0 Å². The Bertz CT molecular complexity index is 2780. The van der Waals surface area contributed by atoms with Gasteiger partial charge in [0, 0.05) is 16.3 Å². The Balaban J connectivity index is 1.36. The van der Waals surface area contributed by atoms with Crippen molar-refractivity contribution in [2.75, 3.05) is 0 Å². The van der Waals surface area contributed by atoms with E-state index in [2.05, 4.69) is 170 Å². The van der Waals surface area contributed by atoms with Crippen LogP contribution in [0.15, 0.2) is 174 Å². The maximum absolute atomic E-state index is 6.80. The van der Waals surface area contributed by atoms with Crippen LogP contribution in [0.1, 0.15) is 0 Å². The van der Waals surface area contributed by atoms with E-state index in [1.807, 2.05) is 0 Å². The van der Waals surface area contributed by atoms with Crippen LogP contribution in [0.3, 0.4) is 0 Å². The van der Waals surface area contributed by atoms with Crippen LogP contribution in [0.2, 0.25) is 0 Å². The SMILES string of the molecule is c1ccc(-c2c3ccccc3c(-c3cc(-c4ccc5ccccc5c4)c4oc5cc6ccccc6cc5c4c3)c3ccccc23)cc1. The van der Waals surface area contributed by atoms with Gasteiger partial charge < -0.3 is 4.42 Å². The van der Waals surface area contributed by atoms with Crippen molar-refractivity contribution in [3.05, 3.63) is 170 Å². The summed E-state index contributed by atoms with van der Waals surface area (Å²) in [4.78, 5) is 0. The zero-order valence-electron chi connectivity index (χ0n) is 25.6. The van der Waals surface area contributed by atoms with Gasteiger partial charge in [0.2, 0.25) is 0 Å². The molecule has 0 aliphatic carbocycles. The van der Waals surface area contributed by atoms with Crippen LogP contribution in [-0.2, 0) is 0 Å². The third-order valence-corrected chi connectivity index (χ3v) is 9.78. The minimum Gasteiger partial charge on any atom is -0.455 e. The zero-order valence-corrected chi connectivity index (χ0v) is 25.6. The van der Waals surface area contributed by atoms with Crippen LogP contribution in [-0.4, -0.2) is 0 Å². The van der Waals surface area contributed by atoms with Crippen LogP contribution in [0, 0.1) is 0 Å². The summed E-state index contributed by atoms with van der Waals surface area (Å²) in [5.74, 6) is 0. The summed E-state index contributed by atoms with van der Waals surface area (Å²) in [6.45, 7) is 0. The number of hydrogen-bond donors (Lipinski definition) is 0. The van der Waals surface area contributed by atoms with Crippen molar-refractivity contribution < 1.29 is 4.42 Å². The quantitative estimate of drug-likeness (QED) is 0.185. The molecule has 1 heterocycles. The fraction of sp³-hybridized carbons (Fsp3) is 0. The van der Waals surface area contributed by atoms with Crippen LogP contribution < -0.4 is 0 Å². The van der Waals surface area contributed by atoms with Gasteiger partial charge in [0.15, 0.2) is 0 Å². The Kier molecular flexibility index (Phi) is 5.64. The predicted molar refractivity (Wildman–Crippen MR) is 200 cm³/mol. The van der Waals surface area contributed by atoms with Gasteiger partial charge in [0.05, 0.1) is 0 Å². The molecule has 1 nitrogen and oxygen atoms in total. The number of hydrogen-bond acceptors (Lipinski definition) is 1.